The maximum Gasteiger partial charge on any atom is 0.408 e. The van der Waals surface area contributed by atoms with Crippen LogP contribution in [0.3, 0.4) is 0 Å². The van der Waals surface area contributed by atoms with Crippen molar-refractivity contribution < 1.29 is 27.2 Å². The van der Waals surface area contributed by atoms with E-state index in [0.29, 0.717) is 26.3 Å². The molecule has 0 bridgehead atoms. The molecule has 3 saturated heterocycles. The molecule has 0 saturated carbocycles. The Kier molecular flexibility index (Phi) is 9.47. The van der Waals surface area contributed by atoms with E-state index in [0.717, 1.165) is 38.5 Å². The van der Waals surface area contributed by atoms with E-state index >= 15 is 0 Å². The highest BCUT2D eigenvalue weighted by molar-refractivity contribution is 7.52. The maximum absolute atomic E-state index is 13.8. The zero-order valence-corrected chi connectivity index (χ0v) is 22.6. The highest BCUT2D eigenvalue weighted by Crippen LogP contribution is 2.63. The van der Waals surface area contributed by atoms with Crippen LogP contribution in [0.1, 0.15) is 80.1 Å². The van der Waals surface area contributed by atoms with Crippen LogP contribution in [0.4, 0.5) is 0 Å². The van der Waals surface area contributed by atoms with Crippen molar-refractivity contribution in [3.63, 3.8) is 0 Å². The lowest BCUT2D eigenvalue weighted by Gasteiger charge is -2.50. The van der Waals surface area contributed by atoms with Crippen molar-refractivity contribution in [3.8, 4) is 0 Å². The van der Waals surface area contributed by atoms with Gasteiger partial charge < -0.3 is 0 Å². The lowest BCUT2D eigenvalue weighted by molar-refractivity contribution is -0.0274. The minimum atomic E-state index is -3.41. The van der Waals surface area contributed by atoms with Gasteiger partial charge in [-0.25, -0.2) is 18.5 Å². The Morgan fingerprint density at radius 1 is 0.719 bits per heavy atom. The monoisotopic (exact) mass is 494 g/mol. The van der Waals surface area contributed by atoms with Crippen LogP contribution < -0.4 is 0 Å². The number of hydrogen-bond donors (Lipinski definition) is 0. The summed E-state index contributed by atoms with van der Waals surface area (Å²) < 4.78 is 55.5. The number of nitrogens with zero attached hydrogens (tertiary/aromatic N) is 2. The lowest BCUT2D eigenvalue weighted by atomic mass is 9.97. The van der Waals surface area contributed by atoms with Crippen molar-refractivity contribution in [1.82, 2.24) is 9.34 Å². The third kappa shape index (κ3) is 5.54. The fraction of sp³-hybridized carbons (Fsp3) is 1.00. The van der Waals surface area contributed by atoms with E-state index in [1.807, 2.05) is 23.2 Å². The minimum absolute atomic E-state index is 0.0470. The molecule has 3 heterocycles. The Bertz CT molecular complexity index is 652. The van der Waals surface area contributed by atoms with Crippen LogP contribution in [0.2, 0.25) is 0 Å². The number of piperazine rings is 1. The van der Waals surface area contributed by atoms with E-state index in [-0.39, 0.29) is 36.1 Å². The molecule has 3 aliphatic heterocycles. The minimum Gasteiger partial charge on any atom is -0.296 e. The Balaban J connectivity index is 1.72. The van der Waals surface area contributed by atoms with Crippen LogP contribution in [0.25, 0.3) is 0 Å². The number of hydrogen-bond acceptors (Lipinski definition) is 6. The fourth-order valence-electron chi connectivity index (χ4n) is 5.12. The molecule has 0 radical (unpaired) electrons. The Hall–Kier alpha value is 0.220. The highest BCUT2D eigenvalue weighted by atomic mass is 31.2. The zero-order chi connectivity index (χ0) is 23.5. The van der Waals surface area contributed by atoms with Gasteiger partial charge in [-0.1, -0.05) is 40.5 Å². The van der Waals surface area contributed by atoms with Crippen LogP contribution in [0.15, 0.2) is 0 Å². The van der Waals surface area contributed by atoms with Gasteiger partial charge >= 0.3 is 15.5 Å². The van der Waals surface area contributed by atoms with E-state index in [9.17, 15) is 9.13 Å². The molecule has 0 spiro atoms. The molecule has 0 aromatic rings. The van der Waals surface area contributed by atoms with Gasteiger partial charge in [-0.3, -0.25) is 18.1 Å². The molecule has 0 aliphatic carbocycles. The maximum atomic E-state index is 13.8. The molecule has 8 nitrogen and oxygen atoms in total. The molecule has 0 unspecified atom stereocenters. The third-order valence-corrected chi connectivity index (χ3v) is 11.6. The smallest absolute Gasteiger partial charge is 0.296 e. The topological polar surface area (TPSA) is 77.5 Å². The van der Waals surface area contributed by atoms with Crippen molar-refractivity contribution in [2.75, 3.05) is 26.3 Å². The quantitative estimate of drug-likeness (QED) is 0.376. The van der Waals surface area contributed by atoms with E-state index in [1.165, 1.54) is 0 Å². The van der Waals surface area contributed by atoms with E-state index in [4.69, 9.17) is 18.1 Å². The average molecular weight is 495 g/mol. The first-order chi connectivity index (χ1) is 15.2. The first-order valence-corrected chi connectivity index (χ1v) is 15.6. The summed E-state index contributed by atoms with van der Waals surface area (Å²) in [4.78, 5) is 0. The summed E-state index contributed by atoms with van der Waals surface area (Å²) in [5.41, 5.74) is 0. The third-order valence-electron chi connectivity index (χ3n) is 7.24. The van der Waals surface area contributed by atoms with Gasteiger partial charge in [-0.15, -0.1) is 0 Å². The lowest BCUT2D eigenvalue weighted by Crippen LogP contribution is -2.55. The predicted molar refractivity (Wildman–Crippen MR) is 127 cm³/mol. The van der Waals surface area contributed by atoms with Crippen LogP contribution in [0.5, 0.6) is 0 Å². The second kappa shape index (κ2) is 11.3. The van der Waals surface area contributed by atoms with Gasteiger partial charge in [-0.05, 0) is 39.5 Å². The first-order valence-electron chi connectivity index (χ1n) is 12.6. The molecule has 32 heavy (non-hydrogen) atoms. The second-order valence-corrected chi connectivity index (χ2v) is 13.5. The van der Waals surface area contributed by atoms with E-state index in [2.05, 4.69) is 27.7 Å². The van der Waals surface area contributed by atoms with Gasteiger partial charge in [0.2, 0.25) is 0 Å². The van der Waals surface area contributed by atoms with Gasteiger partial charge in [0.25, 0.3) is 0 Å². The van der Waals surface area contributed by atoms with Gasteiger partial charge in [0.05, 0.1) is 25.4 Å². The van der Waals surface area contributed by atoms with E-state index < -0.39 is 15.5 Å². The molecule has 3 fully saturated rings. The van der Waals surface area contributed by atoms with Gasteiger partial charge in [0.15, 0.2) is 0 Å². The largest absolute Gasteiger partial charge is 0.408 e. The molecular weight excluding hydrogens is 450 g/mol. The Labute approximate surface area is 194 Å². The Morgan fingerprint density at radius 2 is 1.09 bits per heavy atom. The van der Waals surface area contributed by atoms with Crippen LogP contribution in [-0.2, 0) is 27.2 Å². The molecular formula is C22H44N2O6P2. The predicted octanol–water partition coefficient (Wildman–Crippen LogP) is 6.08. The molecule has 0 aromatic heterocycles. The SMILES string of the molecule is CCC[C@@H]1O[P@](=O)(N2C[C@H](C)N([P@]3(=O)OC[C@H](CC)[C@H](CCC)O3)C[C@@H]2C)OC[C@@H]1CC. The van der Waals surface area contributed by atoms with Crippen molar-refractivity contribution in [1.29, 1.82) is 0 Å². The fourth-order valence-corrected chi connectivity index (χ4v) is 9.76. The van der Waals surface area contributed by atoms with Crippen LogP contribution >= 0.6 is 15.5 Å². The molecule has 0 N–H and O–H groups in total. The summed E-state index contributed by atoms with van der Waals surface area (Å²) >= 11 is 0. The number of rotatable bonds is 8. The van der Waals surface area contributed by atoms with Crippen molar-refractivity contribution in [2.45, 2.75) is 104 Å². The van der Waals surface area contributed by atoms with Crippen LogP contribution in [-0.4, -0.2) is 59.9 Å². The molecule has 3 rings (SSSR count). The van der Waals surface area contributed by atoms with Crippen molar-refractivity contribution in [2.24, 2.45) is 11.8 Å². The summed E-state index contributed by atoms with van der Waals surface area (Å²) in [5.74, 6) is 0.542. The first kappa shape index (κ1) is 26.8. The molecule has 3 aliphatic rings. The average Bonchev–Trinajstić information content (AvgIpc) is 2.76. The molecule has 10 heteroatoms. The molecule has 0 aromatic carbocycles. The van der Waals surface area contributed by atoms with Gasteiger partial charge in [0, 0.05) is 37.0 Å². The second-order valence-electron chi connectivity index (χ2n) is 9.67. The summed E-state index contributed by atoms with van der Waals surface area (Å²) in [5, 5.41) is 0. The summed E-state index contributed by atoms with van der Waals surface area (Å²) in [6.45, 7) is 14.2. The summed E-state index contributed by atoms with van der Waals surface area (Å²) in [7, 11) is -6.82. The van der Waals surface area contributed by atoms with Crippen molar-refractivity contribution >= 4 is 15.5 Å². The zero-order valence-electron chi connectivity index (χ0n) is 20.8. The van der Waals surface area contributed by atoms with Gasteiger partial charge in [-0.2, -0.15) is 0 Å². The summed E-state index contributed by atoms with van der Waals surface area (Å²) in [6.07, 6.45) is 5.52. The van der Waals surface area contributed by atoms with Crippen LogP contribution in [0, 0.1) is 11.8 Å². The van der Waals surface area contributed by atoms with Crippen molar-refractivity contribution in [3.05, 3.63) is 0 Å². The summed E-state index contributed by atoms with van der Waals surface area (Å²) in [6, 6.07) is -0.326. The normalized spacial score (nSPS) is 44.6. The molecule has 188 valence electrons. The van der Waals surface area contributed by atoms with Gasteiger partial charge in [0.1, 0.15) is 0 Å². The van der Waals surface area contributed by atoms with E-state index in [1.54, 1.807) is 0 Å². The highest BCUT2D eigenvalue weighted by Gasteiger charge is 2.52. The molecule has 8 atom stereocenters. The Morgan fingerprint density at radius 3 is 1.41 bits per heavy atom. The standard InChI is InChI=1S/C22H44N2O6P2/c1-7-11-21-19(9-3)15-27-31(25,29-21)23-13-18(6)24(14-17(23)5)32(26)28-16-20(10-4)22(30-32)12-8-2/h17-22H,7-16H2,1-6H3/t17-,18-,19-,20-,21-,22-,31-,32-/m0/s1. The molecule has 0 amide bonds.